The molecule has 0 radical (unpaired) electrons. The van der Waals surface area contributed by atoms with Crippen LogP contribution in [0.15, 0.2) is 12.2 Å². The summed E-state index contributed by atoms with van der Waals surface area (Å²) < 4.78 is 15.8. The molecule has 2 atom stereocenters. The summed E-state index contributed by atoms with van der Waals surface area (Å²) in [7, 11) is 0. The fourth-order valence-electron chi connectivity index (χ4n) is 4.37. The smallest absolute Gasteiger partial charge is 0.311 e. The number of nitrogens with zero attached hydrogens (tertiary/aromatic N) is 1. The molecule has 1 fully saturated rings. The fourth-order valence-corrected chi connectivity index (χ4v) is 4.37. The maximum atomic E-state index is 12.5. The van der Waals surface area contributed by atoms with Gasteiger partial charge in [-0.1, -0.05) is 19.1 Å². The lowest BCUT2D eigenvalue weighted by atomic mass is 9.86. The Hall–Kier alpha value is -2.38. The molecule has 0 saturated carbocycles. The van der Waals surface area contributed by atoms with Crippen molar-refractivity contribution in [2.75, 3.05) is 19.8 Å². The van der Waals surface area contributed by atoms with Gasteiger partial charge in [0.25, 0.3) is 0 Å². The van der Waals surface area contributed by atoms with Crippen molar-refractivity contribution in [3.63, 3.8) is 0 Å². The van der Waals surface area contributed by atoms with Crippen LogP contribution in [0, 0.1) is 5.41 Å². The van der Waals surface area contributed by atoms with Gasteiger partial charge >= 0.3 is 17.9 Å². The number of ether oxygens (including phenoxy) is 3. The Labute approximate surface area is 210 Å². The highest BCUT2D eigenvalue weighted by molar-refractivity contribution is 5.78. The minimum atomic E-state index is -0.702. The van der Waals surface area contributed by atoms with Crippen LogP contribution >= 0.6 is 0 Å². The highest BCUT2D eigenvalue weighted by atomic mass is 16.6. The molecule has 0 aromatic rings. The van der Waals surface area contributed by atoms with Crippen molar-refractivity contribution in [2.45, 2.75) is 111 Å². The number of rotatable bonds is 17. The average Bonchev–Trinajstić information content (AvgIpc) is 3.18. The first-order valence-corrected chi connectivity index (χ1v) is 12.9. The molecular weight excluding hydrogens is 450 g/mol. The van der Waals surface area contributed by atoms with Crippen LogP contribution in [0.5, 0.6) is 0 Å². The van der Waals surface area contributed by atoms with Crippen LogP contribution in [-0.4, -0.2) is 60.6 Å². The second-order valence-electron chi connectivity index (χ2n) is 10.2. The lowest BCUT2D eigenvalue weighted by Gasteiger charge is -2.28. The molecule has 0 spiro atoms. The van der Waals surface area contributed by atoms with E-state index in [0.29, 0.717) is 31.3 Å². The van der Waals surface area contributed by atoms with Crippen molar-refractivity contribution in [2.24, 2.45) is 5.41 Å². The maximum Gasteiger partial charge on any atom is 0.311 e. The predicted octanol–water partition coefficient (Wildman–Crippen LogP) is 4.74. The van der Waals surface area contributed by atoms with Crippen molar-refractivity contribution >= 4 is 23.8 Å². The molecule has 1 rings (SSSR count). The summed E-state index contributed by atoms with van der Waals surface area (Å²) >= 11 is 0. The quantitative estimate of drug-likeness (QED) is 0.124. The molecule has 200 valence electrons. The number of carbonyl (C=O) groups excluding carboxylic acids is 4. The van der Waals surface area contributed by atoms with Crippen LogP contribution in [0.25, 0.3) is 0 Å². The second-order valence-corrected chi connectivity index (χ2v) is 10.2. The topological polar surface area (TPSA) is 99.2 Å². The number of hydrogen-bond acceptors (Lipinski definition) is 7. The van der Waals surface area contributed by atoms with Gasteiger partial charge in [0.15, 0.2) is 0 Å². The van der Waals surface area contributed by atoms with Crippen molar-refractivity contribution in [3.8, 4) is 0 Å². The standard InChI is InChI=1S/C27H45NO7/c1-7-22(28-16-10-14-24(28)30)11-8-12-23(35-21(4)29)13-9-15-27(5,6)26(32)34-18-17-33-25(31)19-20(2)3/h22-23H,2,7-19H2,1,3-6H3. The zero-order valence-corrected chi connectivity index (χ0v) is 22.4. The van der Waals surface area contributed by atoms with Crippen LogP contribution in [-0.2, 0) is 33.4 Å². The molecule has 1 saturated heterocycles. The Balaban J connectivity index is 2.40. The fraction of sp³-hybridized carbons (Fsp3) is 0.778. The molecule has 2 unspecified atom stereocenters. The summed E-state index contributed by atoms with van der Waals surface area (Å²) in [4.78, 5) is 49.6. The minimum Gasteiger partial charge on any atom is -0.463 e. The third kappa shape index (κ3) is 12.2. The van der Waals surface area contributed by atoms with Gasteiger partial charge in [-0.3, -0.25) is 19.2 Å². The highest BCUT2D eigenvalue weighted by Crippen LogP contribution is 2.27. The lowest BCUT2D eigenvalue weighted by Crippen LogP contribution is -2.35. The Bertz CT molecular complexity index is 731. The third-order valence-electron chi connectivity index (χ3n) is 6.32. The van der Waals surface area contributed by atoms with E-state index in [1.807, 2.05) is 18.7 Å². The Kier molecular flexibility index (Phi) is 13.6. The van der Waals surface area contributed by atoms with E-state index in [4.69, 9.17) is 14.2 Å². The zero-order chi connectivity index (χ0) is 26.4. The normalized spacial score (nSPS) is 15.5. The largest absolute Gasteiger partial charge is 0.463 e. The van der Waals surface area contributed by atoms with Gasteiger partial charge in [-0.05, 0) is 72.1 Å². The highest BCUT2D eigenvalue weighted by Gasteiger charge is 2.30. The van der Waals surface area contributed by atoms with Crippen LogP contribution < -0.4 is 0 Å². The summed E-state index contributed by atoms with van der Waals surface area (Å²) in [6.45, 7) is 13.4. The van der Waals surface area contributed by atoms with Crippen molar-refractivity contribution in [1.82, 2.24) is 4.90 Å². The number of hydrogen-bond donors (Lipinski definition) is 0. The van der Waals surface area contributed by atoms with E-state index in [9.17, 15) is 19.2 Å². The van der Waals surface area contributed by atoms with Crippen molar-refractivity contribution in [1.29, 1.82) is 0 Å². The van der Waals surface area contributed by atoms with Crippen LogP contribution in [0.2, 0.25) is 0 Å². The first kappa shape index (κ1) is 30.7. The number of carbonyl (C=O) groups is 4. The molecule has 0 aromatic carbocycles. The molecule has 35 heavy (non-hydrogen) atoms. The Morgan fingerprint density at radius 3 is 2.29 bits per heavy atom. The summed E-state index contributed by atoms with van der Waals surface area (Å²) in [5, 5.41) is 0. The van der Waals surface area contributed by atoms with Crippen LogP contribution in [0.4, 0.5) is 0 Å². The first-order chi connectivity index (χ1) is 16.5. The molecule has 1 amide bonds. The molecule has 0 aliphatic carbocycles. The first-order valence-electron chi connectivity index (χ1n) is 12.9. The lowest BCUT2D eigenvalue weighted by molar-refractivity contribution is -0.159. The number of esters is 3. The maximum absolute atomic E-state index is 12.5. The van der Waals surface area contributed by atoms with Gasteiger partial charge in [0.2, 0.25) is 5.91 Å². The zero-order valence-electron chi connectivity index (χ0n) is 22.4. The van der Waals surface area contributed by atoms with E-state index in [1.54, 1.807) is 6.92 Å². The van der Waals surface area contributed by atoms with E-state index in [1.165, 1.54) is 6.92 Å². The van der Waals surface area contributed by atoms with E-state index in [0.717, 1.165) is 38.6 Å². The van der Waals surface area contributed by atoms with Crippen LogP contribution in [0.3, 0.4) is 0 Å². The molecule has 1 heterocycles. The van der Waals surface area contributed by atoms with Crippen molar-refractivity contribution in [3.05, 3.63) is 12.2 Å². The molecule has 0 aromatic heterocycles. The predicted molar refractivity (Wildman–Crippen MR) is 133 cm³/mol. The van der Waals surface area contributed by atoms with E-state index in [-0.39, 0.29) is 55.6 Å². The summed E-state index contributed by atoms with van der Waals surface area (Å²) in [5.41, 5.74) is 0.0124. The number of amides is 1. The molecule has 1 aliphatic rings. The molecule has 1 aliphatic heterocycles. The third-order valence-corrected chi connectivity index (χ3v) is 6.32. The molecule has 8 nitrogen and oxygen atoms in total. The second kappa shape index (κ2) is 15.6. The Morgan fingerprint density at radius 2 is 1.71 bits per heavy atom. The van der Waals surface area contributed by atoms with Gasteiger partial charge in [-0.15, -0.1) is 0 Å². The van der Waals surface area contributed by atoms with Crippen molar-refractivity contribution < 1.29 is 33.4 Å². The summed E-state index contributed by atoms with van der Waals surface area (Å²) in [6.07, 6.45) is 6.89. The van der Waals surface area contributed by atoms with Crippen LogP contribution in [0.1, 0.15) is 98.8 Å². The summed E-state index contributed by atoms with van der Waals surface area (Å²) in [6, 6.07) is 0.247. The van der Waals surface area contributed by atoms with Gasteiger partial charge in [0.1, 0.15) is 19.3 Å². The van der Waals surface area contributed by atoms with Gasteiger partial charge in [-0.25, -0.2) is 0 Å². The summed E-state index contributed by atoms with van der Waals surface area (Å²) in [5.74, 6) is -0.802. The van der Waals surface area contributed by atoms with E-state index >= 15 is 0 Å². The molecule has 0 N–H and O–H groups in total. The molecule has 0 bridgehead atoms. The molecule has 8 heteroatoms. The average molecular weight is 496 g/mol. The SMILES string of the molecule is C=C(C)CC(=O)OCCOC(=O)C(C)(C)CCCC(CCCC(CC)N1CCCC1=O)OC(C)=O. The minimum absolute atomic E-state index is 0.0123. The molecular formula is C27H45NO7. The van der Waals surface area contributed by atoms with E-state index < -0.39 is 5.41 Å². The Morgan fingerprint density at radius 1 is 1.06 bits per heavy atom. The van der Waals surface area contributed by atoms with Gasteiger partial charge in [0.05, 0.1) is 11.8 Å². The number of likely N-dealkylation sites (tertiary alicyclic amines) is 1. The monoisotopic (exact) mass is 495 g/mol. The van der Waals surface area contributed by atoms with E-state index in [2.05, 4.69) is 13.5 Å². The van der Waals surface area contributed by atoms with Gasteiger partial charge in [0, 0.05) is 25.9 Å². The van der Waals surface area contributed by atoms with Gasteiger partial charge in [-0.2, -0.15) is 0 Å². The van der Waals surface area contributed by atoms with Gasteiger partial charge < -0.3 is 19.1 Å².